The Labute approximate surface area is 184 Å². The van der Waals surface area contributed by atoms with E-state index in [4.69, 9.17) is 10.00 Å². The van der Waals surface area contributed by atoms with Crippen molar-refractivity contribution in [3.63, 3.8) is 0 Å². The van der Waals surface area contributed by atoms with E-state index < -0.39 is 17.8 Å². The normalized spacial score (nSPS) is 14.8. The lowest BCUT2D eigenvalue weighted by atomic mass is 10.1. The Morgan fingerprint density at radius 1 is 0.906 bits per heavy atom. The molecule has 1 saturated heterocycles. The molecule has 1 N–H and O–H groups in total. The summed E-state index contributed by atoms with van der Waals surface area (Å²) in [6, 6.07) is 23.7. The highest BCUT2D eigenvalue weighted by Gasteiger charge is 2.36. The van der Waals surface area contributed by atoms with Gasteiger partial charge in [0.1, 0.15) is 17.9 Å². The monoisotopic (exact) mass is 423 g/mol. The maximum Gasteiger partial charge on any atom is 0.335 e. The average molecular weight is 423 g/mol. The number of benzene rings is 3. The summed E-state index contributed by atoms with van der Waals surface area (Å²) in [5.74, 6) is -0.876. The first-order valence-corrected chi connectivity index (χ1v) is 9.74. The minimum atomic E-state index is -0.787. The van der Waals surface area contributed by atoms with E-state index in [0.29, 0.717) is 22.6 Å². The molecule has 3 aromatic carbocycles. The predicted octanol–water partition coefficient (Wildman–Crippen LogP) is 3.80. The highest BCUT2D eigenvalue weighted by Crippen LogP contribution is 2.22. The summed E-state index contributed by atoms with van der Waals surface area (Å²) >= 11 is 0. The molecular formula is C25H17N3O4. The maximum absolute atomic E-state index is 12.9. The van der Waals surface area contributed by atoms with Gasteiger partial charge in [0.2, 0.25) is 0 Å². The lowest BCUT2D eigenvalue weighted by molar-refractivity contribution is -0.122. The number of carbonyl (C=O) groups excluding carboxylic acids is 3. The lowest BCUT2D eigenvalue weighted by Gasteiger charge is -2.26. The number of amides is 4. The van der Waals surface area contributed by atoms with Gasteiger partial charge in [-0.1, -0.05) is 48.5 Å². The summed E-state index contributed by atoms with van der Waals surface area (Å²) in [6.07, 6.45) is 1.43. The molecule has 32 heavy (non-hydrogen) atoms. The van der Waals surface area contributed by atoms with Gasteiger partial charge in [0.05, 0.1) is 17.3 Å². The fourth-order valence-electron chi connectivity index (χ4n) is 3.21. The van der Waals surface area contributed by atoms with Crippen LogP contribution in [0.25, 0.3) is 6.08 Å². The highest BCUT2D eigenvalue weighted by atomic mass is 16.5. The van der Waals surface area contributed by atoms with Crippen LogP contribution in [0.4, 0.5) is 10.5 Å². The molecular weight excluding hydrogens is 406 g/mol. The van der Waals surface area contributed by atoms with Crippen molar-refractivity contribution in [2.75, 3.05) is 4.90 Å². The molecule has 0 atom stereocenters. The molecule has 0 unspecified atom stereocenters. The van der Waals surface area contributed by atoms with E-state index in [1.807, 2.05) is 12.1 Å². The van der Waals surface area contributed by atoms with Crippen LogP contribution in [-0.2, 0) is 16.2 Å². The number of hydrogen-bond donors (Lipinski definition) is 1. The van der Waals surface area contributed by atoms with Crippen LogP contribution in [0.15, 0.2) is 84.4 Å². The third-order valence-corrected chi connectivity index (χ3v) is 4.84. The molecule has 7 nitrogen and oxygen atoms in total. The average Bonchev–Trinajstić information content (AvgIpc) is 2.82. The van der Waals surface area contributed by atoms with Gasteiger partial charge < -0.3 is 4.74 Å². The largest absolute Gasteiger partial charge is 0.489 e. The van der Waals surface area contributed by atoms with Crippen molar-refractivity contribution in [2.24, 2.45) is 0 Å². The van der Waals surface area contributed by atoms with Crippen LogP contribution < -0.4 is 15.0 Å². The molecule has 3 aromatic rings. The number of nitrogens with zero attached hydrogens (tertiary/aromatic N) is 2. The molecule has 0 saturated carbocycles. The number of anilines is 1. The molecule has 156 valence electrons. The van der Waals surface area contributed by atoms with Crippen LogP contribution in [0, 0.1) is 11.3 Å². The lowest BCUT2D eigenvalue weighted by Crippen LogP contribution is -2.54. The Morgan fingerprint density at radius 3 is 2.31 bits per heavy atom. The second kappa shape index (κ2) is 8.98. The number of imide groups is 2. The molecule has 4 amide bonds. The van der Waals surface area contributed by atoms with Crippen molar-refractivity contribution in [2.45, 2.75) is 6.61 Å². The summed E-state index contributed by atoms with van der Waals surface area (Å²) in [7, 11) is 0. The van der Waals surface area contributed by atoms with Gasteiger partial charge >= 0.3 is 6.03 Å². The molecule has 1 heterocycles. The number of nitriles is 1. The van der Waals surface area contributed by atoms with Crippen molar-refractivity contribution >= 4 is 29.6 Å². The number of urea groups is 1. The number of hydrogen-bond acceptors (Lipinski definition) is 5. The molecule has 0 radical (unpaired) electrons. The van der Waals surface area contributed by atoms with E-state index in [2.05, 4.69) is 11.4 Å². The maximum atomic E-state index is 12.9. The second-order valence-electron chi connectivity index (χ2n) is 6.92. The number of rotatable bonds is 5. The van der Waals surface area contributed by atoms with E-state index in [9.17, 15) is 14.4 Å². The summed E-state index contributed by atoms with van der Waals surface area (Å²) in [6.45, 7) is 0.235. The Kier molecular flexibility index (Phi) is 5.77. The standard InChI is InChI=1S/C25H17N3O4/c26-15-18-6-4-5-7-19(18)16-32-21-12-10-17(11-13-21)14-22-23(29)27-25(31)28(24(22)30)20-8-2-1-3-9-20/h1-14H,16H2,(H,27,29,31)/b22-14+. The Bertz CT molecular complexity index is 1260. The van der Waals surface area contributed by atoms with Gasteiger partial charge in [0.15, 0.2) is 0 Å². The van der Waals surface area contributed by atoms with Crippen molar-refractivity contribution < 1.29 is 19.1 Å². The van der Waals surface area contributed by atoms with E-state index in [0.717, 1.165) is 10.5 Å². The van der Waals surface area contributed by atoms with Gasteiger partial charge in [0, 0.05) is 5.56 Å². The Balaban J connectivity index is 1.51. The van der Waals surface area contributed by atoms with Gasteiger partial charge in [0.25, 0.3) is 11.8 Å². The summed E-state index contributed by atoms with van der Waals surface area (Å²) in [5, 5.41) is 11.4. The van der Waals surface area contributed by atoms with Crippen molar-refractivity contribution in [3.8, 4) is 11.8 Å². The molecule has 7 heteroatoms. The number of ether oxygens (including phenoxy) is 1. The predicted molar refractivity (Wildman–Crippen MR) is 117 cm³/mol. The molecule has 0 aliphatic carbocycles. The SMILES string of the molecule is N#Cc1ccccc1COc1ccc(/C=C2\C(=O)NC(=O)N(c3ccccc3)C2=O)cc1. The zero-order valence-corrected chi connectivity index (χ0v) is 16.8. The molecule has 1 fully saturated rings. The van der Waals surface area contributed by atoms with Crippen molar-refractivity contribution in [1.29, 1.82) is 5.26 Å². The van der Waals surface area contributed by atoms with Gasteiger partial charge in [-0.3, -0.25) is 14.9 Å². The fourth-order valence-corrected chi connectivity index (χ4v) is 3.21. The van der Waals surface area contributed by atoms with Crippen LogP contribution in [0.1, 0.15) is 16.7 Å². The number of para-hydroxylation sites is 1. The molecule has 1 aliphatic rings. The Hall–Kier alpha value is -4.70. The number of carbonyl (C=O) groups is 3. The van der Waals surface area contributed by atoms with E-state index in [1.165, 1.54) is 6.08 Å². The number of nitrogens with one attached hydrogen (secondary N) is 1. The number of barbiturate groups is 1. The van der Waals surface area contributed by atoms with E-state index in [1.54, 1.807) is 66.7 Å². The molecule has 4 rings (SSSR count). The second-order valence-corrected chi connectivity index (χ2v) is 6.92. The summed E-state index contributed by atoms with van der Waals surface area (Å²) in [5.41, 5.74) is 2.14. The first-order valence-electron chi connectivity index (χ1n) is 9.74. The molecule has 0 aromatic heterocycles. The topological polar surface area (TPSA) is 99.5 Å². The van der Waals surface area contributed by atoms with Crippen molar-refractivity contribution in [1.82, 2.24) is 5.32 Å². The van der Waals surface area contributed by atoms with Crippen LogP contribution >= 0.6 is 0 Å². The molecule has 0 spiro atoms. The zero-order chi connectivity index (χ0) is 22.5. The minimum absolute atomic E-state index is 0.148. The van der Waals surface area contributed by atoms with Crippen LogP contribution in [-0.4, -0.2) is 17.8 Å². The first-order chi connectivity index (χ1) is 15.6. The van der Waals surface area contributed by atoms with Gasteiger partial charge in [-0.25, -0.2) is 9.69 Å². The van der Waals surface area contributed by atoms with Crippen LogP contribution in [0.5, 0.6) is 5.75 Å². The van der Waals surface area contributed by atoms with Gasteiger partial charge in [-0.2, -0.15) is 5.26 Å². The third kappa shape index (κ3) is 4.25. The first kappa shape index (κ1) is 20.6. The third-order valence-electron chi connectivity index (χ3n) is 4.84. The van der Waals surface area contributed by atoms with Crippen LogP contribution in [0.2, 0.25) is 0 Å². The summed E-state index contributed by atoms with van der Waals surface area (Å²) < 4.78 is 5.74. The van der Waals surface area contributed by atoms with E-state index >= 15 is 0 Å². The van der Waals surface area contributed by atoms with Gasteiger partial charge in [-0.05, 0) is 42.0 Å². The fraction of sp³-hybridized carbons (Fsp3) is 0.0400. The van der Waals surface area contributed by atoms with Crippen molar-refractivity contribution in [3.05, 3.63) is 101 Å². The molecule has 0 bridgehead atoms. The zero-order valence-electron chi connectivity index (χ0n) is 16.8. The smallest absolute Gasteiger partial charge is 0.335 e. The van der Waals surface area contributed by atoms with Crippen LogP contribution in [0.3, 0.4) is 0 Å². The minimum Gasteiger partial charge on any atom is -0.489 e. The molecule has 1 aliphatic heterocycles. The van der Waals surface area contributed by atoms with Gasteiger partial charge in [-0.15, -0.1) is 0 Å². The summed E-state index contributed by atoms with van der Waals surface area (Å²) in [4.78, 5) is 38.3. The quantitative estimate of drug-likeness (QED) is 0.497. The van der Waals surface area contributed by atoms with E-state index in [-0.39, 0.29) is 12.2 Å². The Morgan fingerprint density at radius 2 is 1.59 bits per heavy atom. The highest BCUT2D eigenvalue weighted by molar-refractivity contribution is 6.39.